The van der Waals surface area contributed by atoms with Gasteiger partial charge in [0.2, 0.25) is 11.8 Å². The van der Waals surface area contributed by atoms with Gasteiger partial charge >= 0.3 is 6.03 Å². The van der Waals surface area contributed by atoms with Gasteiger partial charge in [-0.3, -0.25) is 19.3 Å². The summed E-state index contributed by atoms with van der Waals surface area (Å²) in [5, 5.41) is 2.65. The lowest BCUT2D eigenvalue weighted by atomic mass is 9.83. The van der Waals surface area contributed by atoms with Gasteiger partial charge < -0.3 is 15.1 Å². The zero-order valence-corrected chi connectivity index (χ0v) is 20.6. The average molecular weight is 487 g/mol. The van der Waals surface area contributed by atoms with Gasteiger partial charge in [-0.15, -0.1) is 0 Å². The molecule has 0 saturated carbocycles. The highest BCUT2D eigenvalue weighted by atomic mass is 19.1. The molecule has 9 heteroatoms. The first-order valence-electron chi connectivity index (χ1n) is 12.6. The quantitative estimate of drug-likeness (QED) is 0.626. The maximum Gasteiger partial charge on any atom is 0.325 e. The van der Waals surface area contributed by atoms with Gasteiger partial charge in [0.1, 0.15) is 11.4 Å². The number of urea groups is 1. The van der Waals surface area contributed by atoms with Crippen LogP contribution >= 0.6 is 0 Å². The molecule has 0 radical (unpaired) electrons. The van der Waals surface area contributed by atoms with Crippen molar-refractivity contribution >= 4 is 23.8 Å². The molecule has 1 aromatic carbocycles. The Kier molecular flexibility index (Phi) is 7.42. The van der Waals surface area contributed by atoms with E-state index in [-0.39, 0.29) is 49.0 Å². The van der Waals surface area contributed by atoms with E-state index in [2.05, 4.69) is 5.32 Å². The number of nitrogens with zero attached hydrogens (tertiary/aromatic N) is 3. The lowest BCUT2D eigenvalue weighted by Gasteiger charge is -2.44. The number of likely N-dealkylation sites (tertiary alicyclic amines) is 2. The molecule has 0 spiro atoms. The third-order valence-corrected chi connectivity index (χ3v) is 7.60. The number of nitrogens with one attached hydrogen (secondary N) is 1. The molecule has 5 amide bonds. The smallest absolute Gasteiger partial charge is 0.325 e. The van der Waals surface area contributed by atoms with Gasteiger partial charge in [-0.1, -0.05) is 18.2 Å². The SMILES string of the molecule is CC1(C)NC(=O)N(CCC(=O)N2CCCC[C@H]2C2CCN(C(=O)Cc3ccccc3F)CC2)C1=O. The Labute approximate surface area is 205 Å². The van der Waals surface area contributed by atoms with Gasteiger partial charge in [0.15, 0.2) is 0 Å². The maximum atomic E-state index is 13.9. The second-order valence-electron chi connectivity index (χ2n) is 10.4. The van der Waals surface area contributed by atoms with E-state index < -0.39 is 11.6 Å². The van der Waals surface area contributed by atoms with E-state index in [0.717, 1.165) is 37.0 Å². The van der Waals surface area contributed by atoms with Crippen molar-refractivity contribution in [1.82, 2.24) is 20.0 Å². The van der Waals surface area contributed by atoms with Crippen LogP contribution in [0.15, 0.2) is 24.3 Å². The summed E-state index contributed by atoms with van der Waals surface area (Å²) in [7, 11) is 0. The first-order valence-corrected chi connectivity index (χ1v) is 12.6. The summed E-state index contributed by atoms with van der Waals surface area (Å²) in [5.74, 6) is -0.464. The van der Waals surface area contributed by atoms with Crippen LogP contribution in [0, 0.1) is 11.7 Å². The Hall–Kier alpha value is -2.97. The molecule has 0 bridgehead atoms. The highest BCUT2D eigenvalue weighted by molar-refractivity contribution is 6.06. The average Bonchev–Trinajstić information content (AvgIpc) is 3.04. The van der Waals surface area contributed by atoms with Crippen molar-refractivity contribution in [2.45, 2.75) is 70.4 Å². The molecule has 190 valence electrons. The van der Waals surface area contributed by atoms with Crippen LogP contribution in [0.5, 0.6) is 0 Å². The topological polar surface area (TPSA) is 90.0 Å². The molecule has 0 unspecified atom stereocenters. The van der Waals surface area contributed by atoms with Crippen LogP contribution in [-0.2, 0) is 20.8 Å². The fraction of sp³-hybridized carbons (Fsp3) is 0.615. The number of halogens is 1. The predicted octanol–water partition coefficient (Wildman–Crippen LogP) is 2.71. The van der Waals surface area contributed by atoms with Crippen molar-refractivity contribution in [2.24, 2.45) is 5.92 Å². The molecule has 3 heterocycles. The van der Waals surface area contributed by atoms with Gasteiger partial charge in [-0.05, 0) is 63.5 Å². The first kappa shape index (κ1) is 25.1. The number of piperidine rings is 2. The number of carbonyl (C=O) groups excluding carboxylic acids is 4. The zero-order valence-electron chi connectivity index (χ0n) is 20.6. The zero-order chi connectivity index (χ0) is 25.2. The Morgan fingerprint density at radius 3 is 2.40 bits per heavy atom. The molecule has 3 saturated heterocycles. The van der Waals surface area contributed by atoms with Crippen molar-refractivity contribution in [1.29, 1.82) is 0 Å². The number of benzene rings is 1. The summed E-state index contributed by atoms with van der Waals surface area (Å²) in [6, 6.07) is 6.03. The molecule has 35 heavy (non-hydrogen) atoms. The van der Waals surface area contributed by atoms with E-state index in [1.807, 2.05) is 4.90 Å². The summed E-state index contributed by atoms with van der Waals surface area (Å²) < 4.78 is 13.9. The molecule has 3 aliphatic rings. The summed E-state index contributed by atoms with van der Waals surface area (Å²) in [4.78, 5) is 55.3. The number of carbonyl (C=O) groups is 4. The number of amides is 5. The van der Waals surface area contributed by atoms with E-state index in [1.54, 1.807) is 36.9 Å². The van der Waals surface area contributed by atoms with E-state index in [9.17, 15) is 23.6 Å². The van der Waals surface area contributed by atoms with Crippen molar-refractivity contribution in [2.75, 3.05) is 26.2 Å². The highest BCUT2D eigenvalue weighted by Gasteiger charge is 2.44. The van der Waals surface area contributed by atoms with E-state index in [1.165, 1.54) is 6.07 Å². The van der Waals surface area contributed by atoms with Gasteiger partial charge in [0, 0.05) is 38.6 Å². The second-order valence-corrected chi connectivity index (χ2v) is 10.4. The maximum absolute atomic E-state index is 13.9. The first-order chi connectivity index (χ1) is 16.7. The summed E-state index contributed by atoms with van der Waals surface area (Å²) >= 11 is 0. The molecule has 1 N–H and O–H groups in total. The van der Waals surface area contributed by atoms with Crippen molar-refractivity contribution in [3.8, 4) is 0 Å². The second kappa shape index (κ2) is 10.3. The number of rotatable bonds is 6. The van der Waals surface area contributed by atoms with E-state index in [4.69, 9.17) is 0 Å². The number of hydrogen-bond donors (Lipinski definition) is 1. The summed E-state index contributed by atoms with van der Waals surface area (Å²) in [6.07, 6.45) is 4.71. The van der Waals surface area contributed by atoms with Crippen LogP contribution in [0.4, 0.5) is 9.18 Å². The Bertz CT molecular complexity index is 989. The molecule has 1 atom stereocenters. The number of hydrogen-bond acceptors (Lipinski definition) is 4. The molecule has 0 aromatic heterocycles. The fourth-order valence-electron chi connectivity index (χ4n) is 5.58. The standard InChI is InChI=1S/C26H35FN4O4/c1-26(2)24(34)31(25(35)28-26)16-12-22(32)30-13-6-5-9-21(30)18-10-14-29(15-11-18)23(33)17-19-7-3-4-8-20(19)27/h3-4,7-8,18,21H,5-6,9-17H2,1-2H3,(H,28,35)/t21-/m0/s1. The molecular formula is C26H35FN4O4. The lowest BCUT2D eigenvalue weighted by Crippen LogP contribution is -2.51. The monoisotopic (exact) mass is 486 g/mol. The Balaban J connectivity index is 1.31. The Morgan fingerprint density at radius 2 is 1.74 bits per heavy atom. The molecule has 3 fully saturated rings. The van der Waals surface area contributed by atoms with E-state index in [0.29, 0.717) is 31.1 Å². The third kappa shape index (κ3) is 5.49. The van der Waals surface area contributed by atoms with Crippen molar-refractivity contribution in [3.05, 3.63) is 35.6 Å². The summed E-state index contributed by atoms with van der Waals surface area (Å²) in [5.41, 5.74) is -0.525. The van der Waals surface area contributed by atoms with Crippen LogP contribution < -0.4 is 5.32 Å². The minimum atomic E-state index is -0.939. The molecule has 0 aliphatic carbocycles. The fourth-order valence-corrected chi connectivity index (χ4v) is 5.58. The van der Waals surface area contributed by atoms with E-state index >= 15 is 0 Å². The van der Waals surface area contributed by atoms with Crippen LogP contribution in [0.25, 0.3) is 0 Å². The lowest BCUT2D eigenvalue weighted by molar-refractivity contribution is -0.139. The molecule has 3 aliphatic heterocycles. The third-order valence-electron chi connectivity index (χ3n) is 7.60. The minimum Gasteiger partial charge on any atom is -0.342 e. The normalized spacial score (nSPS) is 22.9. The van der Waals surface area contributed by atoms with Crippen LogP contribution in [-0.4, -0.2) is 76.2 Å². The molecular weight excluding hydrogens is 451 g/mol. The molecule has 1 aromatic rings. The predicted molar refractivity (Wildman–Crippen MR) is 128 cm³/mol. The molecule has 8 nitrogen and oxygen atoms in total. The summed E-state index contributed by atoms with van der Waals surface area (Å²) in [6.45, 7) is 5.29. The number of imide groups is 1. The Morgan fingerprint density at radius 1 is 1.03 bits per heavy atom. The van der Waals surface area contributed by atoms with Crippen molar-refractivity contribution in [3.63, 3.8) is 0 Å². The largest absolute Gasteiger partial charge is 0.342 e. The highest BCUT2D eigenvalue weighted by Crippen LogP contribution is 2.31. The minimum absolute atomic E-state index is 0.0296. The van der Waals surface area contributed by atoms with Crippen LogP contribution in [0.2, 0.25) is 0 Å². The van der Waals surface area contributed by atoms with Gasteiger partial charge in [0.05, 0.1) is 6.42 Å². The molecule has 4 rings (SSSR count). The van der Waals surface area contributed by atoms with Gasteiger partial charge in [0.25, 0.3) is 5.91 Å². The van der Waals surface area contributed by atoms with Crippen LogP contribution in [0.1, 0.15) is 57.9 Å². The van der Waals surface area contributed by atoms with Crippen molar-refractivity contribution < 1.29 is 23.6 Å². The van der Waals surface area contributed by atoms with Crippen LogP contribution in [0.3, 0.4) is 0 Å². The van der Waals surface area contributed by atoms with Gasteiger partial charge in [-0.2, -0.15) is 0 Å². The van der Waals surface area contributed by atoms with Gasteiger partial charge in [-0.25, -0.2) is 9.18 Å².